The molecule has 1 atom stereocenters. The van der Waals surface area contributed by atoms with Crippen molar-refractivity contribution in [1.82, 2.24) is 5.32 Å². The number of amides is 3. The first-order valence-electron chi connectivity index (χ1n) is 10.3. The lowest BCUT2D eigenvalue weighted by Gasteiger charge is -2.58. The first kappa shape index (κ1) is 19.6. The molecule has 1 aromatic carbocycles. The van der Waals surface area contributed by atoms with Crippen LogP contribution >= 0.6 is 0 Å². The van der Waals surface area contributed by atoms with Crippen LogP contribution in [0.5, 0.6) is 0 Å². The summed E-state index contributed by atoms with van der Waals surface area (Å²) in [4.78, 5) is 48.6. The third-order valence-corrected chi connectivity index (χ3v) is 7.38. The molecular weight excluding hydrogens is 372 g/mol. The van der Waals surface area contributed by atoms with Gasteiger partial charge in [0.15, 0.2) is 0 Å². The number of piperidine rings is 1. The minimum absolute atomic E-state index is 0.0544. The van der Waals surface area contributed by atoms with E-state index in [4.69, 9.17) is 0 Å². The van der Waals surface area contributed by atoms with Crippen molar-refractivity contribution in [3.8, 4) is 0 Å². The van der Waals surface area contributed by atoms with Crippen molar-refractivity contribution in [3.05, 3.63) is 29.8 Å². The topological polar surface area (TPSA) is 113 Å². The van der Waals surface area contributed by atoms with E-state index in [1.165, 1.54) is 0 Å². The number of carboxylic acids is 1. The van der Waals surface area contributed by atoms with Gasteiger partial charge in [0.1, 0.15) is 5.41 Å². The molecule has 0 bridgehead atoms. The Morgan fingerprint density at radius 1 is 1.10 bits per heavy atom. The molecule has 3 aliphatic rings. The maximum Gasteiger partial charge on any atom is 0.319 e. The maximum absolute atomic E-state index is 12.8. The van der Waals surface area contributed by atoms with E-state index in [9.17, 15) is 24.3 Å². The summed E-state index contributed by atoms with van der Waals surface area (Å²) in [6, 6.07) is 6.94. The van der Waals surface area contributed by atoms with E-state index in [1.807, 2.05) is 6.92 Å². The Hall–Kier alpha value is -2.70. The molecule has 4 rings (SSSR count). The van der Waals surface area contributed by atoms with Crippen molar-refractivity contribution in [2.75, 3.05) is 5.32 Å². The molecule has 2 saturated carbocycles. The first-order chi connectivity index (χ1) is 13.8. The number of carbonyl (C=O) groups excluding carboxylic acids is 3. The van der Waals surface area contributed by atoms with Crippen LogP contribution in [0.1, 0.15) is 63.9 Å². The molecular formula is C22H26N2O5. The predicted octanol–water partition coefficient (Wildman–Crippen LogP) is 2.74. The van der Waals surface area contributed by atoms with Gasteiger partial charge in [0, 0.05) is 12.1 Å². The van der Waals surface area contributed by atoms with Crippen LogP contribution in [-0.4, -0.2) is 28.8 Å². The maximum atomic E-state index is 12.8. The molecule has 1 saturated heterocycles. The highest BCUT2D eigenvalue weighted by molar-refractivity contribution is 6.09. The molecule has 2 aliphatic carbocycles. The molecule has 7 heteroatoms. The number of carboxylic acid groups (broad SMARTS) is 1. The number of nitrogens with one attached hydrogen (secondary N) is 2. The highest BCUT2D eigenvalue weighted by atomic mass is 16.4. The van der Waals surface area contributed by atoms with E-state index in [0.717, 1.165) is 24.8 Å². The van der Waals surface area contributed by atoms with Gasteiger partial charge in [-0.1, -0.05) is 25.5 Å². The van der Waals surface area contributed by atoms with E-state index in [-0.39, 0.29) is 17.2 Å². The van der Waals surface area contributed by atoms with Crippen LogP contribution in [0.25, 0.3) is 0 Å². The van der Waals surface area contributed by atoms with Crippen molar-refractivity contribution in [1.29, 1.82) is 0 Å². The smallest absolute Gasteiger partial charge is 0.319 e. The van der Waals surface area contributed by atoms with Crippen LogP contribution in [0.3, 0.4) is 0 Å². The predicted molar refractivity (Wildman–Crippen MR) is 105 cm³/mol. The Bertz CT molecular complexity index is 879. The van der Waals surface area contributed by atoms with Crippen molar-refractivity contribution in [2.24, 2.45) is 10.8 Å². The monoisotopic (exact) mass is 398 g/mol. The summed E-state index contributed by atoms with van der Waals surface area (Å²) < 4.78 is 0. The Kier molecular flexibility index (Phi) is 4.52. The van der Waals surface area contributed by atoms with E-state index in [0.29, 0.717) is 37.8 Å². The Morgan fingerprint density at radius 3 is 2.24 bits per heavy atom. The Balaban J connectivity index is 1.49. The minimum atomic E-state index is -1.34. The van der Waals surface area contributed by atoms with Crippen LogP contribution in [0.2, 0.25) is 0 Å². The number of hydrogen-bond donors (Lipinski definition) is 3. The standard InChI is InChI=1S/C22H26N2O5/c1-2-21(11-8-16(25)24-17(21)26)14-4-6-15(7-5-14)23-18(27)22(19(28)29)12-20(13-22)9-3-10-20/h4-7H,2-3,8-13H2,1H3,(H,23,27)(H,28,29)(H,24,25,26). The molecule has 3 fully saturated rings. The largest absolute Gasteiger partial charge is 0.480 e. The van der Waals surface area contributed by atoms with E-state index in [1.54, 1.807) is 24.3 Å². The second-order valence-electron chi connectivity index (χ2n) is 8.94. The Morgan fingerprint density at radius 2 is 1.76 bits per heavy atom. The first-order valence-corrected chi connectivity index (χ1v) is 10.3. The zero-order valence-corrected chi connectivity index (χ0v) is 16.5. The number of anilines is 1. The fourth-order valence-electron chi connectivity index (χ4n) is 5.36. The van der Waals surface area contributed by atoms with Crippen LogP contribution < -0.4 is 10.6 Å². The lowest BCUT2D eigenvalue weighted by molar-refractivity contribution is -0.178. The molecule has 1 unspecified atom stereocenters. The van der Waals surface area contributed by atoms with Gasteiger partial charge >= 0.3 is 5.97 Å². The van der Waals surface area contributed by atoms with E-state index >= 15 is 0 Å². The van der Waals surface area contributed by atoms with Gasteiger partial charge in [-0.25, -0.2) is 0 Å². The molecule has 0 aromatic heterocycles. The van der Waals surface area contributed by atoms with Gasteiger partial charge in [-0.3, -0.25) is 24.5 Å². The third-order valence-electron chi connectivity index (χ3n) is 7.38. The number of rotatable bonds is 5. The zero-order valence-electron chi connectivity index (χ0n) is 16.5. The number of carbonyl (C=O) groups is 4. The van der Waals surface area contributed by atoms with Crippen LogP contribution in [0.4, 0.5) is 5.69 Å². The quantitative estimate of drug-likeness (QED) is 0.521. The molecule has 1 spiro atoms. The molecule has 29 heavy (non-hydrogen) atoms. The summed E-state index contributed by atoms with van der Waals surface area (Å²) in [5.41, 5.74) is -0.754. The van der Waals surface area contributed by atoms with E-state index in [2.05, 4.69) is 10.6 Å². The second-order valence-corrected chi connectivity index (χ2v) is 8.94. The SMILES string of the molecule is CCC1(c2ccc(NC(=O)C3(C(=O)O)CC4(CCC4)C3)cc2)CCC(=O)NC1=O. The molecule has 1 aliphatic heterocycles. The number of imide groups is 1. The minimum Gasteiger partial charge on any atom is -0.480 e. The summed E-state index contributed by atoms with van der Waals surface area (Å²) in [6.07, 6.45) is 5.24. The fourth-order valence-corrected chi connectivity index (χ4v) is 5.36. The van der Waals surface area contributed by atoms with Gasteiger partial charge < -0.3 is 10.4 Å². The van der Waals surface area contributed by atoms with Crippen molar-refractivity contribution in [2.45, 2.75) is 63.7 Å². The van der Waals surface area contributed by atoms with Crippen LogP contribution in [-0.2, 0) is 24.6 Å². The van der Waals surface area contributed by atoms with Crippen molar-refractivity contribution >= 4 is 29.4 Å². The van der Waals surface area contributed by atoms with Gasteiger partial charge in [-0.2, -0.15) is 0 Å². The molecule has 0 radical (unpaired) electrons. The molecule has 1 heterocycles. The zero-order chi connectivity index (χ0) is 20.9. The number of benzene rings is 1. The molecule has 3 amide bonds. The van der Waals surface area contributed by atoms with Crippen molar-refractivity contribution < 1.29 is 24.3 Å². The summed E-state index contributed by atoms with van der Waals surface area (Å²) in [5.74, 6) is -2.08. The van der Waals surface area contributed by atoms with Gasteiger partial charge in [-0.15, -0.1) is 0 Å². The Labute approximate surface area is 169 Å². The third kappa shape index (κ3) is 2.94. The number of hydrogen-bond acceptors (Lipinski definition) is 4. The highest BCUT2D eigenvalue weighted by Crippen LogP contribution is 2.64. The summed E-state index contributed by atoms with van der Waals surface area (Å²) in [5, 5.41) is 14.9. The molecule has 7 nitrogen and oxygen atoms in total. The molecule has 1 aromatic rings. The summed E-state index contributed by atoms with van der Waals surface area (Å²) in [6.45, 7) is 1.91. The van der Waals surface area contributed by atoms with Crippen LogP contribution in [0, 0.1) is 10.8 Å². The van der Waals surface area contributed by atoms with Crippen molar-refractivity contribution in [3.63, 3.8) is 0 Å². The molecule has 154 valence electrons. The summed E-state index contributed by atoms with van der Waals surface area (Å²) >= 11 is 0. The average molecular weight is 398 g/mol. The van der Waals surface area contributed by atoms with Gasteiger partial charge in [-0.05, 0) is 61.6 Å². The van der Waals surface area contributed by atoms with E-state index < -0.39 is 22.7 Å². The van der Waals surface area contributed by atoms with Gasteiger partial charge in [0.05, 0.1) is 5.41 Å². The van der Waals surface area contributed by atoms with Crippen LogP contribution in [0.15, 0.2) is 24.3 Å². The number of aliphatic carboxylic acids is 1. The van der Waals surface area contributed by atoms with Gasteiger partial charge in [0.25, 0.3) is 0 Å². The highest BCUT2D eigenvalue weighted by Gasteiger charge is 2.65. The average Bonchev–Trinajstić information content (AvgIpc) is 2.61. The van der Waals surface area contributed by atoms with Gasteiger partial charge in [0.2, 0.25) is 17.7 Å². The lowest BCUT2D eigenvalue weighted by atomic mass is 9.45. The second kappa shape index (κ2) is 6.68. The lowest BCUT2D eigenvalue weighted by Crippen LogP contribution is -2.59. The summed E-state index contributed by atoms with van der Waals surface area (Å²) in [7, 11) is 0. The normalized spacial score (nSPS) is 26.8. The fraction of sp³-hybridized carbons (Fsp3) is 0.545. The molecule has 3 N–H and O–H groups in total.